The molecule has 1 atom stereocenters. The van der Waals surface area contributed by atoms with Gasteiger partial charge in [-0.1, -0.05) is 6.07 Å². The standard InChI is InChI=1S/C23H26F2N8O4/c24-19-11-17(32-14-18(37-22(32)34)13-31-8-5-27-29-31)12-20(25)21(19)30-7-6-28-33(10-9-30)23(35)36-15-16-3-1-2-4-26-16/h1-5,8,11-12,18,27-29H,6-7,9-10,13-15H2/t18-/m0/s1. The van der Waals surface area contributed by atoms with Gasteiger partial charge in [0.05, 0.1) is 31.0 Å². The van der Waals surface area contributed by atoms with E-state index < -0.39 is 29.9 Å². The Hall–Kier alpha value is -4.17. The van der Waals surface area contributed by atoms with Gasteiger partial charge in [0.25, 0.3) is 0 Å². The van der Waals surface area contributed by atoms with Gasteiger partial charge in [0.15, 0.2) is 11.6 Å². The number of rotatable bonds is 6. The number of aromatic nitrogens is 1. The van der Waals surface area contributed by atoms with Crippen LogP contribution in [0.5, 0.6) is 0 Å². The first kappa shape index (κ1) is 24.5. The molecule has 3 aliphatic rings. The second-order valence-corrected chi connectivity index (χ2v) is 8.52. The highest BCUT2D eigenvalue weighted by Crippen LogP contribution is 2.31. The molecular weight excluding hydrogens is 490 g/mol. The number of halogens is 2. The van der Waals surface area contributed by atoms with Crippen molar-refractivity contribution in [2.24, 2.45) is 0 Å². The van der Waals surface area contributed by atoms with Crippen LogP contribution in [0.2, 0.25) is 0 Å². The molecule has 12 nitrogen and oxygen atoms in total. The molecule has 5 rings (SSSR count). The number of ether oxygens (including phenoxy) is 2. The van der Waals surface area contributed by atoms with Crippen LogP contribution in [0.3, 0.4) is 0 Å². The fraction of sp³-hybridized carbons (Fsp3) is 0.348. The van der Waals surface area contributed by atoms with Gasteiger partial charge in [-0.25, -0.2) is 28.8 Å². The molecule has 0 spiro atoms. The molecule has 4 heterocycles. The summed E-state index contributed by atoms with van der Waals surface area (Å²) < 4.78 is 41.0. The number of nitrogens with one attached hydrogen (secondary N) is 3. The molecule has 3 N–H and O–H groups in total. The Labute approximate surface area is 211 Å². The zero-order chi connectivity index (χ0) is 25.8. The fourth-order valence-electron chi connectivity index (χ4n) is 4.26. The Morgan fingerprint density at radius 3 is 2.76 bits per heavy atom. The molecule has 0 unspecified atom stereocenters. The van der Waals surface area contributed by atoms with E-state index in [2.05, 4.69) is 21.4 Å². The van der Waals surface area contributed by atoms with Gasteiger partial charge in [-0.05, 0) is 12.1 Å². The van der Waals surface area contributed by atoms with E-state index in [1.807, 2.05) is 0 Å². The number of amides is 2. The van der Waals surface area contributed by atoms with Crippen molar-refractivity contribution < 1.29 is 27.8 Å². The summed E-state index contributed by atoms with van der Waals surface area (Å²) in [6.07, 6.45) is 3.25. The maximum atomic E-state index is 15.2. The van der Waals surface area contributed by atoms with Crippen LogP contribution >= 0.6 is 0 Å². The minimum Gasteiger partial charge on any atom is -0.442 e. The van der Waals surface area contributed by atoms with Crippen LogP contribution in [0.25, 0.3) is 0 Å². The Morgan fingerprint density at radius 1 is 1.19 bits per heavy atom. The quantitative estimate of drug-likeness (QED) is 0.521. The topological polar surface area (TPSA) is 115 Å². The van der Waals surface area contributed by atoms with Gasteiger partial charge in [-0.2, -0.15) is 0 Å². The lowest BCUT2D eigenvalue weighted by Gasteiger charge is -2.25. The first-order valence-electron chi connectivity index (χ1n) is 11.7. The zero-order valence-electron chi connectivity index (χ0n) is 19.8. The summed E-state index contributed by atoms with van der Waals surface area (Å²) in [6.45, 7) is 1.31. The fourth-order valence-corrected chi connectivity index (χ4v) is 4.26. The minimum absolute atomic E-state index is 0.00815. The Kier molecular flexibility index (Phi) is 7.18. The summed E-state index contributed by atoms with van der Waals surface area (Å²) in [5, 5.41) is 2.96. The molecule has 0 radical (unpaired) electrons. The Balaban J connectivity index is 1.20. The van der Waals surface area contributed by atoms with Crippen LogP contribution in [-0.2, 0) is 16.1 Å². The van der Waals surface area contributed by atoms with E-state index in [1.54, 1.807) is 41.8 Å². The monoisotopic (exact) mass is 516 g/mol. The average molecular weight is 517 g/mol. The maximum absolute atomic E-state index is 15.2. The lowest BCUT2D eigenvalue weighted by atomic mass is 10.2. The van der Waals surface area contributed by atoms with Crippen molar-refractivity contribution in [1.29, 1.82) is 0 Å². The molecule has 0 aliphatic carbocycles. The lowest BCUT2D eigenvalue weighted by Crippen LogP contribution is -2.43. The summed E-state index contributed by atoms with van der Waals surface area (Å²) in [7, 11) is 0. The highest BCUT2D eigenvalue weighted by Gasteiger charge is 2.35. The third-order valence-electron chi connectivity index (χ3n) is 6.02. The maximum Gasteiger partial charge on any atom is 0.424 e. The number of pyridine rings is 1. The second kappa shape index (κ2) is 10.8. The van der Waals surface area contributed by atoms with E-state index in [1.165, 1.54) is 14.8 Å². The normalized spacial score (nSPS) is 19.6. The smallest absolute Gasteiger partial charge is 0.424 e. The Bertz CT molecular complexity index is 1150. The number of nitrogens with zero attached hydrogens (tertiary/aromatic N) is 5. The number of anilines is 2. The average Bonchev–Trinajstić information content (AvgIpc) is 3.46. The lowest BCUT2D eigenvalue weighted by molar-refractivity contribution is 0.0803. The molecule has 1 aromatic heterocycles. The number of cyclic esters (lactones) is 1. The van der Waals surface area contributed by atoms with E-state index in [4.69, 9.17) is 9.47 Å². The van der Waals surface area contributed by atoms with Crippen LogP contribution < -0.4 is 26.2 Å². The molecule has 1 aromatic carbocycles. The zero-order valence-corrected chi connectivity index (χ0v) is 19.8. The van der Waals surface area contributed by atoms with Gasteiger partial charge < -0.3 is 19.8 Å². The molecule has 2 saturated heterocycles. The van der Waals surface area contributed by atoms with Crippen LogP contribution in [0.15, 0.2) is 48.9 Å². The number of hydrazine groups is 3. The van der Waals surface area contributed by atoms with Crippen LogP contribution in [0, 0.1) is 11.6 Å². The largest absolute Gasteiger partial charge is 0.442 e. The number of hydrogen-bond donors (Lipinski definition) is 3. The van der Waals surface area contributed by atoms with Crippen molar-refractivity contribution >= 4 is 23.6 Å². The summed E-state index contributed by atoms with van der Waals surface area (Å²) in [6, 6.07) is 7.53. The molecule has 0 bridgehead atoms. The molecule has 0 saturated carbocycles. The van der Waals surface area contributed by atoms with E-state index in [0.29, 0.717) is 12.2 Å². The molecule has 196 valence electrons. The van der Waals surface area contributed by atoms with E-state index in [9.17, 15) is 9.59 Å². The van der Waals surface area contributed by atoms with Gasteiger partial charge in [-0.3, -0.25) is 14.9 Å². The molecule has 2 fully saturated rings. The Morgan fingerprint density at radius 2 is 2.03 bits per heavy atom. The van der Waals surface area contributed by atoms with Gasteiger partial charge in [0, 0.05) is 50.4 Å². The third-order valence-corrected chi connectivity index (χ3v) is 6.02. The van der Waals surface area contributed by atoms with E-state index in [0.717, 1.165) is 12.1 Å². The molecular formula is C23H26F2N8O4. The van der Waals surface area contributed by atoms with E-state index >= 15 is 8.78 Å². The highest BCUT2D eigenvalue weighted by molar-refractivity contribution is 5.90. The molecule has 3 aliphatic heterocycles. The molecule has 14 heteroatoms. The third kappa shape index (κ3) is 5.65. The van der Waals surface area contributed by atoms with E-state index in [-0.39, 0.29) is 50.7 Å². The highest BCUT2D eigenvalue weighted by atomic mass is 19.1. The number of hydrogen-bond acceptors (Lipinski definition) is 10. The van der Waals surface area contributed by atoms with Crippen LogP contribution in [0.4, 0.5) is 29.7 Å². The van der Waals surface area contributed by atoms with Crippen molar-refractivity contribution in [3.05, 3.63) is 66.3 Å². The van der Waals surface area contributed by atoms with Crippen molar-refractivity contribution in [2.45, 2.75) is 12.7 Å². The summed E-state index contributed by atoms with van der Waals surface area (Å²) in [5.41, 5.74) is 8.99. The molecule has 2 amide bonds. The van der Waals surface area contributed by atoms with Gasteiger partial charge >= 0.3 is 12.2 Å². The molecule has 37 heavy (non-hydrogen) atoms. The van der Waals surface area contributed by atoms with Gasteiger partial charge in [-0.15, -0.1) is 5.53 Å². The SMILES string of the molecule is O=C(OCc1ccccn1)N1CCN(c2c(F)cc(N3C[C@H](CN4C=CNN4)OC3=O)cc2F)CCN1. The van der Waals surface area contributed by atoms with Crippen molar-refractivity contribution in [3.8, 4) is 0 Å². The minimum atomic E-state index is -0.814. The van der Waals surface area contributed by atoms with Crippen molar-refractivity contribution in [2.75, 3.05) is 49.1 Å². The summed E-state index contributed by atoms with van der Waals surface area (Å²) in [5.74, 6) is -1.63. The van der Waals surface area contributed by atoms with Crippen molar-refractivity contribution in [3.63, 3.8) is 0 Å². The van der Waals surface area contributed by atoms with Crippen LogP contribution in [0.1, 0.15) is 5.69 Å². The number of carbonyl (C=O) groups excluding carboxylic acids is 2. The predicted octanol–water partition coefficient (Wildman–Crippen LogP) is 1.44. The number of benzene rings is 1. The summed E-state index contributed by atoms with van der Waals surface area (Å²) in [4.78, 5) is 31.6. The van der Waals surface area contributed by atoms with Crippen molar-refractivity contribution in [1.82, 2.24) is 31.4 Å². The first-order chi connectivity index (χ1) is 18.0. The summed E-state index contributed by atoms with van der Waals surface area (Å²) >= 11 is 0. The second-order valence-electron chi connectivity index (χ2n) is 8.52. The molecule has 2 aromatic rings. The predicted molar refractivity (Wildman–Crippen MR) is 127 cm³/mol. The van der Waals surface area contributed by atoms with Crippen LogP contribution in [-0.4, -0.2) is 72.6 Å². The van der Waals surface area contributed by atoms with Gasteiger partial charge in [0.2, 0.25) is 0 Å². The first-order valence-corrected chi connectivity index (χ1v) is 11.7. The number of carbonyl (C=O) groups is 2. The van der Waals surface area contributed by atoms with Gasteiger partial charge in [0.1, 0.15) is 18.4 Å².